The largest absolute Gasteiger partial charge is 0.482 e. The van der Waals surface area contributed by atoms with E-state index in [0.29, 0.717) is 11.4 Å². The Kier molecular flexibility index (Phi) is 5.25. The van der Waals surface area contributed by atoms with Gasteiger partial charge >= 0.3 is 5.97 Å². The Morgan fingerprint density at radius 2 is 2.13 bits per heavy atom. The number of ether oxygens (including phenoxy) is 1. The number of carbonyl (C=O) groups is 3. The second kappa shape index (κ2) is 6.99. The van der Waals surface area contributed by atoms with Gasteiger partial charge in [-0.3, -0.25) is 14.5 Å². The molecule has 23 heavy (non-hydrogen) atoms. The number of nitrogens with one attached hydrogen (secondary N) is 1. The molecule has 2 amide bonds. The quantitative estimate of drug-likeness (QED) is 0.799. The molecule has 2 rings (SSSR count). The van der Waals surface area contributed by atoms with Crippen LogP contribution in [0.25, 0.3) is 0 Å². The number of nitrogens with zero attached hydrogens (tertiary/aromatic N) is 1. The van der Waals surface area contributed by atoms with Crippen LogP contribution in [0.4, 0.5) is 5.69 Å². The van der Waals surface area contributed by atoms with Crippen LogP contribution in [0.3, 0.4) is 0 Å². The average molecular weight is 385 g/mol. The molecule has 8 heteroatoms. The van der Waals surface area contributed by atoms with E-state index in [0.717, 1.165) is 4.47 Å². The SMILES string of the molecule is CC(C)C(NC(=O)CN1C(=O)COc2cc(Br)ccc21)C(=O)O. The summed E-state index contributed by atoms with van der Waals surface area (Å²) in [6, 6.07) is 4.12. The van der Waals surface area contributed by atoms with Crippen LogP contribution in [0.2, 0.25) is 0 Å². The lowest BCUT2D eigenvalue weighted by molar-refractivity contribution is -0.142. The van der Waals surface area contributed by atoms with Crippen LogP contribution in [0.5, 0.6) is 5.75 Å². The van der Waals surface area contributed by atoms with E-state index in [1.807, 2.05) is 0 Å². The maximum absolute atomic E-state index is 12.1. The predicted molar refractivity (Wildman–Crippen MR) is 86.4 cm³/mol. The van der Waals surface area contributed by atoms with Gasteiger partial charge in [0, 0.05) is 4.47 Å². The van der Waals surface area contributed by atoms with Gasteiger partial charge in [-0.15, -0.1) is 0 Å². The minimum absolute atomic E-state index is 0.163. The van der Waals surface area contributed by atoms with Gasteiger partial charge in [0.15, 0.2) is 6.61 Å². The van der Waals surface area contributed by atoms with Gasteiger partial charge in [-0.1, -0.05) is 29.8 Å². The van der Waals surface area contributed by atoms with Gasteiger partial charge in [0.05, 0.1) is 5.69 Å². The van der Waals surface area contributed by atoms with Gasteiger partial charge < -0.3 is 15.2 Å². The van der Waals surface area contributed by atoms with Crippen molar-refractivity contribution in [2.75, 3.05) is 18.1 Å². The lowest BCUT2D eigenvalue weighted by Crippen LogP contribution is -2.50. The van der Waals surface area contributed by atoms with Crippen molar-refractivity contribution in [3.05, 3.63) is 22.7 Å². The lowest BCUT2D eigenvalue weighted by atomic mass is 10.0. The van der Waals surface area contributed by atoms with E-state index in [1.54, 1.807) is 32.0 Å². The van der Waals surface area contributed by atoms with Gasteiger partial charge in [0.1, 0.15) is 18.3 Å². The smallest absolute Gasteiger partial charge is 0.326 e. The van der Waals surface area contributed by atoms with E-state index < -0.39 is 17.9 Å². The number of fused-ring (bicyclic) bond motifs is 1. The minimum Gasteiger partial charge on any atom is -0.482 e. The van der Waals surface area contributed by atoms with Crippen LogP contribution in [0, 0.1) is 5.92 Å². The number of amides is 2. The molecular weight excluding hydrogens is 368 g/mol. The first kappa shape index (κ1) is 17.3. The summed E-state index contributed by atoms with van der Waals surface area (Å²) in [5.74, 6) is -1.77. The molecule has 1 aliphatic rings. The van der Waals surface area contributed by atoms with Crippen molar-refractivity contribution < 1.29 is 24.2 Å². The Morgan fingerprint density at radius 3 is 2.74 bits per heavy atom. The number of aliphatic carboxylic acids is 1. The summed E-state index contributed by atoms with van der Waals surface area (Å²) < 4.78 is 6.13. The molecule has 0 saturated heterocycles. The molecule has 7 nitrogen and oxygen atoms in total. The van der Waals surface area contributed by atoms with Crippen LogP contribution in [-0.2, 0) is 14.4 Å². The summed E-state index contributed by atoms with van der Waals surface area (Å²) in [7, 11) is 0. The normalized spacial score (nSPS) is 15.0. The van der Waals surface area contributed by atoms with Crippen molar-refractivity contribution >= 4 is 39.4 Å². The molecule has 0 saturated carbocycles. The number of halogens is 1. The Labute approximate surface area is 141 Å². The van der Waals surface area contributed by atoms with Crippen LogP contribution < -0.4 is 15.0 Å². The number of carboxylic acids is 1. The van der Waals surface area contributed by atoms with Crippen molar-refractivity contribution in [2.24, 2.45) is 5.92 Å². The molecule has 0 fully saturated rings. The Balaban J connectivity index is 2.15. The minimum atomic E-state index is -1.11. The fourth-order valence-electron chi connectivity index (χ4n) is 2.23. The summed E-state index contributed by atoms with van der Waals surface area (Å²) in [4.78, 5) is 36.6. The maximum Gasteiger partial charge on any atom is 0.326 e. The zero-order valence-corrected chi connectivity index (χ0v) is 14.3. The summed E-state index contributed by atoms with van der Waals surface area (Å²) in [5.41, 5.74) is 0.482. The van der Waals surface area contributed by atoms with E-state index in [2.05, 4.69) is 21.2 Å². The van der Waals surface area contributed by atoms with Crippen LogP contribution in [0.1, 0.15) is 13.8 Å². The zero-order valence-electron chi connectivity index (χ0n) is 12.7. The molecule has 0 spiro atoms. The Morgan fingerprint density at radius 1 is 1.43 bits per heavy atom. The number of carboxylic acid groups (broad SMARTS) is 1. The van der Waals surface area contributed by atoms with Gasteiger partial charge in [-0.2, -0.15) is 0 Å². The molecule has 1 heterocycles. The third kappa shape index (κ3) is 4.01. The topological polar surface area (TPSA) is 95.9 Å². The van der Waals surface area contributed by atoms with Gasteiger partial charge in [-0.05, 0) is 24.1 Å². The highest BCUT2D eigenvalue weighted by Gasteiger charge is 2.29. The van der Waals surface area contributed by atoms with Crippen LogP contribution >= 0.6 is 15.9 Å². The number of rotatable bonds is 5. The standard InChI is InChI=1S/C15H17BrN2O5/c1-8(2)14(15(21)22)17-12(19)6-18-10-4-3-9(16)5-11(10)23-7-13(18)20/h3-5,8,14H,6-7H2,1-2H3,(H,17,19)(H,21,22). The molecule has 1 aliphatic heterocycles. The first-order chi connectivity index (χ1) is 10.8. The summed E-state index contributed by atoms with van der Waals surface area (Å²) in [5, 5.41) is 11.6. The molecule has 1 aromatic carbocycles. The molecule has 1 aromatic rings. The van der Waals surface area contributed by atoms with Crippen molar-refractivity contribution in [1.82, 2.24) is 5.32 Å². The molecule has 0 radical (unpaired) electrons. The number of benzene rings is 1. The third-order valence-electron chi connectivity index (χ3n) is 3.42. The highest BCUT2D eigenvalue weighted by molar-refractivity contribution is 9.10. The fourth-order valence-corrected chi connectivity index (χ4v) is 2.57. The third-order valence-corrected chi connectivity index (χ3v) is 3.91. The average Bonchev–Trinajstić information content (AvgIpc) is 2.47. The van der Waals surface area contributed by atoms with Gasteiger partial charge in [-0.25, -0.2) is 4.79 Å². The number of anilines is 1. The molecule has 124 valence electrons. The maximum atomic E-state index is 12.1. The monoisotopic (exact) mass is 384 g/mol. The van der Waals surface area contributed by atoms with Gasteiger partial charge in [0.25, 0.3) is 5.91 Å². The summed E-state index contributed by atoms with van der Waals surface area (Å²) in [6.45, 7) is 2.98. The first-order valence-corrected chi connectivity index (χ1v) is 7.83. The molecule has 1 unspecified atom stereocenters. The fraction of sp³-hybridized carbons (Fsp3) is 0.400. The molecular formula is C15H17BrN2O5. The Hall–Kier alpha value is -2.09. The summed E-state index contributed by atoms with van der Waals surface area (Å²) >= 11 is 3.31. The highest BCUT2D eigenvalue weighted by Crippen LogP contribution is 2.34. The molecule has 0 aromatic heterocycles. The highest BCUT2D eigenvalue weighted by atomic mass is 79.9. The predicted octanol–water partition coefficient (Wildman–Crippen LogP) is 1.40. The van der Waals surface area contributed by atoms with E-state index in [1.165, 1.54) is 4.90 Å². The Bertz CT molecular complexity index is 647. The number of hydrogen-bond donors (Lipinski definition) is 2. The van der Waals surface area contributed by atoms with Crippen molar-refractivity contribution in [3.8, 4) is 5.75 Å². The van der Waals surface area contributed by atoms with Crippen molar-refractivity contribution in [2.45, 2.75) is 19.9 Å². The molecule has 0 aliphatic carbocycles. The van der Waals surface area contributed by atoms with E-state index in [9.17, 15) is 14.4 Å². The van der Waals surface area contributed by atoms with Crippen molar-refractivity contribution in [1.29, 1.82) is 0 Å². The lowest BCUT2D eigenvalue weighted by Gasteiger charge is -2.29. The number of hydrogen-bond acceptors (Lipinski definition) is 4. The van der Waals surface area contributed by atoms with Crippen LogP contribution in [-0.4, -0.2) is 42.1 Å². The van der Waals surface area contributed by atoms with E-state index in [-0.39, 0.29) is 25.0 Å². The zero-order chi connectivity index (χ0) is 17.1. The van der Waals surface area contributed by atoms with E-state index >= 15 is 0 Å². The molecule has 1 atom stereocenters. The first-order valence-electron chi connectivity index (χ1n) is 7.04. The number of carbonyl (C=O) groups excluding carboxylic acids is 2. The van der Waals surface area contributed by atoms with E-state index in [4.69, 9.17) is 9.84 Å². The second-order valence-corrected chi connectivity index (χ2v) is 6.42. The second-order valence-electron chi connectivity index (χ2n) is 5.51. The van der Waals surface area contributed by atoms with Gasteiger partial charge in [0.2, 0.25) is 5.91 Å². The molecule has 0 bridgehead atoms. The van der Waals surface area contributed by atoms with Crippen LogP contribution in [0.15, 0.2) is 22.7 Å². The summed E-state index contributed by atoms with van der Waals surface area (Å²) in [6.07, 6.45) is 0. The van der Waals surface area contributed by atoms with Crippen molar-refractivity contribution in [3.63, 3.8) is 0 Å². The molecule has 2 N–H and O–H groups in total.